The molecular formula is C20H24ClN5O3. The largest absolute Gasteiger partial charge is 0.477 e. The number of aromatic nitrogens is 5. The van der Waals surface area contributed by atoms with E-state index in [1.165, 1.54) is 6.20 Å². The van der Waals surface area contributed by atoms with Gasteiger partial charge in [0.05, 0.1) is 23.7 Å². The first-order chi connectivity index (χ1) is 13.8. The molecule has 0 aromatic carbocycles. The highest BCUT2D eigenvalue weighted by Gasteiger charge is 2.19. The lowest BCUT2D eigenvalue weighted by Gasteiger charge is -2.13. The normalized spacial score (nSPS) is 11.4. The number of halogens is 1. The number of aromatic amines is 1. The maximum Gasteiger partial charge on any atom is 0.279 e. The Hall–Kier alpha value is -2.74. The molecule has 3 aromatic heterocycles. The molecule has 0 aliphatic rings. The molecule has 0 unspecified atom stereocenters. The van der Waals surface area contributed by atoms with Crippen molar-refractivity contribution in [2.45, 2.75) is 33.6 Å². The number of carbonyl (C=O) groups excluding carboxylic acids is 1. The molecule has 0 saturated carbocycles. The van der Waals surface area contributed by atoms with Crippen LogP contribution in [0.4, 0.5) is 0 Å². The Kier molecular flexibility index (Phi) is 6.32. The number of hydrogen-bond donors (Lipinski definition) is 1. The van der Waals surface area contributed by atoms with Crippen LogP contribution in [0.3, 0.4) is 0 Å². The van der Waals surface area contributed by atoms with Crippen molar-refractivity contribution in [2.75, 3.05) is 12.5 Å². The van der Waals surface area contributed by atoms with E-state index in [0.717, 1.165) is 18.5 Å². The highest BCUT2D eigenvalue weighted by Crippen LogP contribution is 2.28. The SMILES string of the molecule is CCCc1c2nc(-c3cc(C(=O)CCl)cnc3OCC(C)C)[nH]c(=O)c2nn1C. The van der Waals surface area contributed by atoms with E-state index in [1.54, 1.807) is 17.8 Å². The number of H-pyrrole nitrogens is 1. The van der Waals surface area contributed by atoms with E-state index < -0.39 is 0 Å². The quantitative estimate of drug-likeness (QED) is 0.446. The summed E-state index contributed by atoms with van der Waals surface area (Å²) in [4.78, 5) is 36.4. The van der Waals surface area contributed by atoms with E-state index >= 15 is 0 Å². The fourth-order valence-corrected chi connectivity index (χ4v) is 3.14. The summed E-state index contributed by atoms with van der Waals surface area (Å²) in [5.41, 5.74) is 2.11. The van der Waals surface area contributed by atoms with Crippen LogP contribution in [-0.4, -0.2) is 43.0 Å². The zero-order chi connectivity index (χ0) is 21.1. The van der Waals surface area contributed by atoms with Crippen molar-refractivity contribution in [3.63, 3.8) is 0 Å². The van der Waals surface area contributed by atoms with Crippen LogP contribution in [0.15, 0.2) is 17.1 Å². The number of hydrogen-bond acceptors (Lipinski definition) is 6. The van der Waals surface area contributed by atoms with Gasteiger partial charge in [-0.1, -0.05) is 27.2 Å². The minimum absolute atomic E-state index is 0.167. The van der Waals surface area contributed by atoms with Crippen molar-refractivity contribution in [3.05, 3.63) is 33.9 Å². The number of nitrogens with one attached hydrogen (secondary N) is 1. The lowest BCUT2D eigenvalue weighted by molar-refractivity contribution is 0.102. The molecule has 1 N–H and O–H groups in total. The fraction of sp³-hybridized carbons (Fsp3) is 0.450. The van der Waals surface area contributed by atoms with Crippen molar-refractivity contribution in [3.8, 4) is 17.3 Å². The van der Waals surface area contributed by atoms with Crippen LogP contribution < -0.4 is 10.3 Å². The van der Waals surface area contributed by atoms with Crippen LogP contribution >= 0.6 is 11.6 Å². The van der Waals surface area contributed by atoms with E-state index in [-0.39, 0.29) is 34.5 Å². The molecule has 0 spiro atoms. The molecule has 0 saturated heterocycles. The van der Waals surface area contributed by atoms with Crippen LogP contribution in [0.25, 0.3) is 22.4 Å². The number of ether oxygens (including phenoxy) is 1. The van der Waals surface area contributed by atoms with Gasteiger partial charge in [-0.2, -0.15) is 5.10 Å². The maximum absolute atomic E-state index is 12.7. The third-order valence-corrected chi connectivity index (χ3v) is 4.64. The Bertz CT molecular complexity index is 1100. The molecule has 0 bridgehead atoms. The second-order valence-corrected chi connectivity index (χ2v) is 7.54. The fourth-order valence-electron chi connectivity index (χ4n) is 2.98. The lowest BCUT2D eigenvalue weighted by atomic mass is 10.1. The van der Waals surface area contributed by atoms with Gasteiger partial charge in [-0.3, -0.25) is 14.3 Å². The average molecular weight is 418 g/mol. The highest BCUT2D eigenvalue weighted by atomic mass is 35.5. The second kappa shape index (κ2) is 8.73. The van der Waals surface area contributed by atoms with Gasteiger partial charge in [0.25, 0.3) is 5.56 Å². The number of pyridine rings is 1. The van der Waals surface area contributed by atoms with Gasteiger partial charge in [-0.25, -0.2) is 9.97 Å². The van der Waals surface area contributed by atoms with E-state index in [9.17, 15) is 9.59 Å². The van der Waals surface area contributed by atoms with Crippen molar-refractivity contribution in [2.24, 2.45) is 13.0 Å². The molecule has 8 nitrogen and oxygen atoms in total. The molecule has 29 heavy (non-hydrogen) atoms. The number of aryl methyl sites for hydroxylation is 2. The molecule has 0 atom stereocenters. The lowest BCUT2D eigenvalue weighted by Crippen LogP contribution is -2.13. The minimum Gasteiger partial charge on any atom is -0.477 e. The Morgan fingerprint density at radius 3 is 2.76 bits per heavy atom. The van der Waals surface area contributed by atoms with E-state index in [2.05, 4.69) is 27.0 Å². The van der Waals surface area contributed by atoms with E-state index in [0.29, 0.717) is 29.1 Å². The number of carbonyl (C=O) groups is 1. The van der Waals surface area contributed by atoms with Gasteiger partial charge < -0.3 is 9.72 Å². The molecule has 154 valence electrons. The number of alkyl halides is 1. The Balaban J connectivity index is 2.21. The van der Waals surface area contributed by atoms with Crippen LogP contribution in [0.2, 0.25) is 0 Å². The third-order valence-electron chi connectivity index (χ3n) is 4.40. The topological polar surface area (TPSA) is 103 Å². The minimum atomic E-state index is -0.355. The van der Waals surface area contributed by atoms with Crippen LogP contribution in [0, 0.1) is 5.92 Å². The predicted molar refractivity (Wildman–Crippen MR) is 112 cm³/mol. The molecule has 0 aliphatic heterocycles. The van der Waals surface area contributed by atoms with Crippen molar-refractivity contribution in [1.82, 2.24) is 24.7 Å². The zero-order valence-electron chi connectivity index (χ0n) is 17.0. The molecule has 0 amide bonds. The summed E-state index contributed by atoms with van der Waals surface area (Å²) >= 11 is 5.70. The molecule has 0 fully saturated rings. The summed E-state index contributed by atoms with van der Waals surface area (Å²) < 4.78 is 7.50. The summed E-state index contributed by atoms with van der Waals surface area (Å²) in [5, 5.41) is 4.30. The zero-order valence-corrected chi connectivity index (χ0v) is 17.7. The number of nitrogens with zero attached hydrogens (tertiary/aromatic N) is 4. The van der Waals surface area contributed by atoms with Crippen molar-refractivity contribution >= 4 is 28.4 Å². The van der Waals surface area contributed by atoms with E-state index in [4.69, 9.17) is 16.3 Å². The molecule has 3 aromatic rings. The number of fused-ring (bicyclic) bond motifs is 1. The summed E-state index contributed by atoms with van der Waals surface area (Å²) in [7, 11) is 1.80. The summed E-state index contributed by atoms with van der Waals surface area (Å²) in [6, 6.07) is 1.60. The first-order valence-corrected chi connectivity index (χ1v) is 10.1. The number of Topliss-reactive ketones (excluding diaryl/α,β-unsaturated/α-hetero) is 1. The second-order valence-electron chi connectivity index (χ2n) is 7.27. The molecule has 0 aliphatic carbocycles. The number of rotatable bonds is 8. The van der Waals surface area contributed by atoms with Gasteiger partial charge in [0.15, 0.2) is 11.3 Å². The Morgan fingerprint density at radius 1 is 1.34 bits per heavy atom. The molecule has 3 rings (SSSR count). The smallest absolute Gasteiger partial charge is 0.279 e. The van der Waals surface area contributed by atoms with Crippen molar-refractivity contribution in [1.29, 1.82) is 0 Å². The summed E-state index contributed by atoms with van der Waals surface area (Å²) in [6.07, 6.45) is 3.05. The van der Waals surface area contributed by atoms with Gasteiger partial charge in [0.1, 0.15) is 11.3 Å². The molecule has 9 heteroatoms. The van der Waals surface area contributed by atoms with Gasteiger partial charge in [-0.15, -0.1) is 11.6 Å². The molecule has 3 heterocycles. The summed E-state index contributed by atoms with van der Waals surface area (Å²) in [5.74, 6) is 0.418. The van der Waals surface area contributed by atoms with Crippen molar-refractivity contribution < 1.29 is 9.53 Å². The standard InChI is InChI=1S/C20H24ClN5O3/c1-5-6-14-16-17(25-26(14)4)19(28)24-18(23-16)13-7-12(15(27)8-21)9-22-20(13)29-10-11(2)3/h7,9,11H,5-6,8,10H2,1-4H3,(H,23,24,28). The van der Waals surface area contributed by atoms with E-state index in [1.807, 2.05) is 13.8 Å². The van der Waals surface area contributed by atoms with Gasteiger partial charge in [-0.05, 0) is 18.4 Å². The molecule has 0 radical (unpaired) electrons. The average Bonchev–Trinajstić information content (AvgIpc) is 3.02. The third kappa shape index (κ3) is 4.32. The summed E-state index contributed by atoms with van der Waals surface area (Å²) in [6.45, 7) is 6.52. The molecular weight excluding hydrogens is 394 g/mol. The monoisotopic (exact) mass is 417 g/mol. The highest BCUT2D eigenvalue weighted by molar-refractivity contribution is 6.30. The number of ketones is 1. The Labute approximate surface area is 173 Å². The van der Waals surface area contributed by atoms with Crippen LogP contribution in [0.1, 0.15) is 43.2 Å². The predicted octanol–water partition coefficient (Wildman–Crippen LogP) is 3.13. The maximum atomic E-state index is 12.7. The van der Waals surface area contributed by atoms with Gasteiger partial charge >= 0.3 is 0 Å². The Morgan fingerprint density at radius 2 is 2.10 bits per heavy atom. The van der Waals surface area contributed by atoms with Gasteiger partial charge in [0.2, 0.25) is 5.88 Å². The van der Waals surface area contributed by atoms with Crippen LogP contribution in [-0.2, 0) is 13.5 Å². The van der Waals surface area contributed by atoms with Crippen LogP contribution in [0.5, 0.6) is 5.88 Å². The van der Waals surface area contributed by atoms with Gasteiger partial charge in [0, 0.05) is 18.8 Å². The first-order valence-electron chi connectivity index (χ1n) is 9.53. The first kappa shape index (κ1) is 21.0.